The van der Waals surface area contributed by atoms with E-state index in [1.807, 2.05) is 6.92 Å². The lowest BCUT2D eigenvalue weighted by Crippen LogP contribution is -2.35. The predicted molar refractivity (Wildman–Crippen MR) is 61.9 cm³/mol. The minimum atomic E-state index is 0.724. The van der Waals surface area contributed by atoms with E-state index in [-0.39, 0.29) is 0 Å². The summed E-state index contributed by atoms with van der Waals surface area (Å²) in [4.78, 5) is 2.40. The lowest BCUT2D eigenvalue weighted by atomic mass is 9.95. The van der Waals surface area contributed by atoms with E-state index in [4.69, 9.17) is 9.47 Å². The molecule has 0 bridgehead atoms. The Morgan fingerprint density at radius 1 is 1.07 bits per heavy atom. The molecule has 1 heterocycles. The van der Waals surface area contributed by atoms with Gasteiger partial charge < -0.3 is 9.47 Å². The summed E-state index contributed by atoms with van der Waals surface area (Å²) in [6, 6.07) is 0. The Morgan fingerprint density at radius 3 is 2.33 bits per heavy atom. The van der Waals surface area contributed by atoms with Crippen molar-refractivity contribution in [1.29, 1.82) is 0 Å². The van der Waals surface area contributed by atoms with Crippen molar-refractivity contribution in [2.45, 2.75) is 33.1 Å². The molecule has 3 heteroatoms. The number of hydrogen-bond acceptors (Lipinski definition) is 3. The van der Waals surface area contributed by atoms with Crippen molar-refractivity contribution >= 4 is 0 Å². The van der Waals surface area contributed by atoms with Crippen LogP contribution >= 0.6 is 0 Å². The van der Waals surface area contributed by atoms with Gasteiger partial charge in [0.15, 0.2) is 0 Å². The van der Waals surface area contributed by atoms with Crippen molar-refractivity contribution in [2.75, 3.05) is 39.6 Å². The van der Waals surface area contributed by atoms with E-state index in [9.17, 15) is 0 Å². The van der Waals surface area contributed by atoms with E-state index in [1.165, 1.54) is 32.4 Å². The first-order valence-electron chi connectivity index (χ1n) is 6.24. The van der Waals surface area contributed by atoms with Crippen LogP contribution in [0, 0.1) is 5.92 Å². The average molecular weight is 215 g/mol. The molecule has 0 N–H and O–H groups in total. The molecule has 1 saturated heterocycles. The molecule has 0 spiro atoms. The smallest absolute Gasteiger partial charge is 0.0991 e. The largest absolute Gasteiger partial charge is 0.379 e. The Labute approximate surface area is 93.7 Å². The number of rotatable bonds is 7. The van der Waals surface area contributed by atoms with Gasteiger partial charge in [-0.3, -0.25) is 4.90 Å². The van der Waals surface area contributed by atoms with Crippen LogP contribution in [0.25, 0.3) is 0 Å². The van der Waals surface area contributed by atoms with Crippen LogP contribution < -0.4 is 0 Å². The van der Waals surface area contributed by atoms with E-state index in [0.29, 0.717) is 0 Å². The van der Waals surface area contributed by atoms with Crippen LogP contribution in [-0.2, 0) is 9.47 Å². The standard InChI is InChI=1S/C12H25NO2/c1-3-12-5-7-13(8-6-12)11-15-10-9-14-4-2/h12H,3-11H2,1-2H3. The van der Waals surface area contributed by atoms with Gasteiger partial charge in [-0.05, 0) is 25.7 Å². The lowest BCUT2D eigenvalue weighted by molar-refractivity contribution is -0.0152. The quantitative estimate of drug-likeness (QED) is 0.607. The molecule has 1 rings (SSSR count). The summed E-state index contributed by atoms with van der Waals surface area (Å²) in [7, 11) is 0. The molecule has 0 unspecified atom stereocenters. The number of ether oxygens (including phenoxy) is 2. The zero-order valence-corrected chi connectivity index (χ0v) is 10.2. The first-order valence-corrected chi connectivity index (χ1v) is 6.24. The molecule has 0 amide bonds. The van der Waals surface area contributed by atoms with Gasteiger partial charge in [-0.15, -0.1) is 0 Å². The third kappa shape index (κ3) is 5.50. The van der Waals surface area contributed by atoms with Gasteiger partial charge >= 0.3 is 0 Å². The van der Waals surface area contributed by atoms with Gasteiger partial charge in [-0.2, -0.15) is 0 Å². The van der Waals surface area contributed by atoms with E-state index in [2.05, 4.69) is 11.8 Å². The van der Waals surface area contributed by atoms with Crippen molar-refractivity contribution in [3.05, 3.63) is 0 Å². The lowest BCUT2D eigenvalue weighted by Gasteiger charge is -2.30. The van der Waals surface area contributed by atoms with Crippen LogP contribution in [0.15, 0.2) is 0 Å². The molecule has 0 aromatic rings. The Hall–Kier alpha value is -0.120. The van der Waals surface area contributed by atoms with Crippen molar-refractivity contribution in [3.63, 3.8) is 0 Å². The van der Waals surface area contributed by atoms with Gasteiger partial charge in [-0.1, -0.05) is 13.3 Å². The van der Waals surface area contributed by atoms with E-state index in [0.717, 1.165) is 32.5 Å². The fourth-order valence-electron chi connectivity index (χ4n) is 1.98. The first kappa shape index (κ1) is 12.9. The average Bonchev–Trinajstić information content (AvgIpc) is 2.30. The summed E-state index contributed by atoms with van der Waals surface area (Å²) >= 11 is 0. The molecule has 0 aromatic heterocycles. The second-order valence-corrected chi connectivity index (χ2v) is 4.20. The zero-order valence-electron chi connectivity index (χ0n) is 10.2. The highest BCUT2D eigenvalue weighted by Gasteiger charge is 2.17. The van der Waals surface area contributed by atoms with Crippen molar-refractivity contribution in [2.24, 2.45) is 5.92 Å². The molecule has 0 aromatic carbocycles. The zero-order chi connectivity index (χ0) is 10.9. The Bertz CT molecular complexity index is 145. The summed E-state index contributed by atoms with van der Waals surface area (Å²) in [5.74, 6) is 0.949. The molecule has 1 aliphatic rings. The Balaban J connectivity index is 1.94. The fourth-order valence-corrected chi connectivity index (χ4v) is 1.98. The molecule has 15 heavy (non-hydrogen) atoms. The normalized spacial score (nSPS) is 19.6. The van der Waals surface area contributed by atoms with Gasteiger partial charge in [0, 0.05) is 19.7 Å². The summed E-state index contributed by atoms with van der Waals surface area (Å²) in [6.45, 7) is 9.72. The SMILES string of the molecule is CCOCCOCN1CCC(CC)CC1. The highest BCUT2D eigenvalue weighted by atomic mass is 16.5. The van der Waals surface area contributed by atoms with Gasteiger partial charge in [0.05, 0.1) is 19.9 Å². The highest BCUT2D eigenvalue weighted by molar-refractivity contribution is 4.69. The monoisotopic (exact) mass is 215 g/mol. The Kier molecular flexibility index (Phi) is 6.98. The maximum Gasteiger partial charge on any atom is 0.0991 e. The van der Waals surface area contributed by atoms with Crippen LogP contribution in [0.3, 0.4) is 0 Å². The fraction of sp³-hybridized carbons (Fsp3) is 1.00. The van der Waals surface area contributed by atoms with Crippen LogP contribution in [0.1, 0.15) is 33.1 Å². The summed E-state index contributed by atoms with van der Waals surface area (Å²) in [5, 5.41) is 0. The number of nitrogens with zero attached hydrogens (tertiary/aromatic N) is 1. The molecule has 90 valence electrons. The minimum Gasteiger partial charge on any atom is -0.379 e. The summed E-state index contributed by atoms with van der Waals surface area (Å²) in [5.41, 5.74) is 0. The molecular formula is C12H25NO2. The third-order valence-electron chi connectivity index (χ3n) is 3.13. The van der Waals surface area contributed by atoms with E-state index in [1.54, 1.807) is 0 Å². The van der Waals surface area contributed by atoms with Gasteiger partial charge in [-0.25, -0.2) is 0 Å². The first-order chi connectivity index (χ1) is 7.36. The topological polar surface area (TPSA) is 21.7 Å². The predicted octanol–water partition coefficient (Wildman–Crippen LogP) is 2.12. The number of hydrogen-bond donors (Lipinski definition) is 0. The maximum atomic E-state index is 5.54. The number of likely N-dealkylation sites (tertiary alicyclic amines) is 1. The van der Waals surface area contributed by atoms with Gasteiger partial charge in [0.25, 0.3) is 0 Å². The van der Waals surface area contributed by atoms with Crippen LogP contribution in [0.5, 0.6) is 0 Å². The van der Waals surface area contributed by atoms with Gasteiger partial charge in [0.2, 0.25) is 0 Å². The van der Waals surface area contributed by atoms with E-state index < -0.39 is 0 Å². The molecule has 1 aliphatic heterocycles. The Morgan fingerprint density at radius 2 is 1.73 bits per heavy atom. The highest BCUT2D eigenvalue weighted by Crippen LogP contribution is 2.19. The van der Waals surface area contributed by atoms with Crippen LogP contribution in [-0.4, -0.2) is 44.5 Å². The minimum absolute atomic E-state index is 0.724. The van der Waals surface area contributed by atoms with Crippen molar-refractivity contribution in [3.8, 4) is 0 Å². The molecule has 0 atom stereocenters. The molecule has 3 nitrogen and oxygen atoms in total. The number of piperidine rings is 1. The summed E-state index contributed by atoms with van der Waals surface area (Å²) < 4.78 is 10.8. The second-order valence-electron chi connectivity index (χ2n) is 4.20. The summed E-state index contributed by atoms with van der Waals surface area (Å²) in [6.07, 6.45) is 4.01. The molecule has 0 saturated carbocycles. The molecular weight excluding hydrogens is 190 g/mol. The third-order valence-corrected chi connectivity index (χ3v) is 3.13. The molecule has 0 radical (unpaired) electrons. The van der Waals surface area contributed by atoms with Crippen molar-refractivity contribution < 1.29 is 9.47 Å². The molecule has 0 aliphatic carbocycles. The van der Waals surface area contributed by atoms with Crippen LogP contribution in [0.2, 0.25) is 0 Å². The molecule has 1 fully saturated rings. The maximum absolute atomic E-state index is 5.54. The van der Waals surface area contributed by atoms with Crippen molar-refractivity contribution in [1.82, 2.24) is 4.90 Å². The van der Waals surface area contributed by atoms with E-state index >= 15 is 0 Å². The second kappa shape index (κ2) is 8.08. The van der Waals surface area contributed by atoms with Gasteiger partial charge in [0.1, 0.15) is 0 Å². The van der Waals surface area contributed by atoms with Crippen LogP contribution in [0.4, 0.5) is 0 Å².